The van der Waals surface area contributed by atoms with Gasteiger partial charge in [-0.3, -0.25) is 4.79 Å². The third-order valence-electron chi connectivity index (χ3n) is 3.93. The van der Waals surface area contributed by atoms with Crippen molar-refractivity contribution in [1.82, 2.24) is 5.32 Å². The van der Waals surface area contributed by atoms with Crippen LogP contribution in [0.5, 0.6) is 5.75 Å². The molecule has 2 atom stereocenters. The van der Waals surface area contributed by atoms with Gasteiger partial charge in [-0.25, -0.2) is 0 Å². The van der Waals surface area contributed by atoms with Crippen molar-refractivity contribution in [3.8, 4) is 5.75 Å². The summed E-state index contributed by atoms with van der Waals surface area (Å²) in [5, 5.41) is 3.07. The third-order valence-corrected chi connectivity index (χ3v) is 3.93. The molecule has 122 valence electrons. The molecule has 0 aliphatic carbocycles. The number of carbonyl (C=O) groups is 1. The van der Waals surface area contributed by atoms with E-state index >= 15 is 0 Å². The number of hydrogen-bond acceptors (Lipinski definition) is 2. The van der Waals surface area contributed by atoms with Crippen molar-refractivity contribution in [3.05, 3.63) is 65.7 Å². The monoisotopic (exact) mass is 311 g/mol. The maximum Gasteiger partial charge on any atom is 0.221 e. The zero-order valence-corrected chi connectivity index (χ0v) is 14.1. The number of ether oxygens (including phenoxy) is 1. The maximum atomic E-state index is 12.2. The van der Waals surface area contributed by atoms with E-state index in [1.807, 2.05) is 56.3 Å². The minimum atomic E-state index is -0.0128. The van der Waals surface area contributed by atoms with E-state index in [-0.39, 0.29) is 17.9 Å². The summed E-state index contributed by atoms with van der Waals surface area (Å²) in [7, 11) is 0. The molecule has 2 rings (SSSR count). The second-order valence-electron chi connectivity index (χ2n) is 5.81. The standard InChI is InChI=1S/C20H25NO2/c1-4-23-19-12-10-18(11-13-19)16(3)21-20(22)14-15(2)17-8-6-5-7-9-17/h5-13,15-16H,4,14H2,1-3H3,(H,21,22)/t15-,16+/m1/s1. The van der Waals surface area contributed by atoms with Gasteiger partial charge < -0.3 is 10.1 Å². The number of rotatable bonds is 7. The highest BCUT2D eigenvalue weighted by atomic mass is 16.5. The second-order valence-corrected chi connectivity index (χ2v) is 5.81. The lowest BCUT2D eigenvalue weighted by atomic mass is 9.97. The zero-order chi connectivity index (χ0) is 16.7. The molecule has 1 N–H and O–H groups in total. The lowest BCUT2D eigenvalue weighted by molar-refractivity contribution is -0.122. The molecule has 0 radical (unpaired) electrons. The van der Waals surface area contributed by atoms with Crippen molar-refractivity contribution < 1.29 is 9.53 Å². The van der Waals surface area contributed by atoms with E-state index in [0.29, 0.717) is 13.0 Å². The first-order valence-electron chi connectivity index (χ1n) is 8.17. The molecule has 0 aromatic heterocycles. The van der Waals surface area contributed by atoms with Crippen molar-refractivity contribution in [3.63, 3.8) is 0 Å². The fourth-order valence-electron chi connectivity index (χ4n) is 2.58. The molecule has 0 bridgehead atoms. The third kappa shape index (κ3) is 5.13. The van der Waals surface area contributed by atoms with Crippen molar-refractivity contribution in [2.24, 2.45) is 0 Å². The summed E-state index contributed by atoms with van der Waals surface area (Å²) in [6.45, 7) is 6.70. The quantitative estimate of drug-likeness (QED) is 0.820. The molecule has 2 aromatic rings. The van der Waals surface area contributed by atoms with Crippen LogP contribution in [0.25, 0.3) is 0 Å². The smallest absolute Gasteiger partial charge is 0.221 e. The van der Waals surface area contributed by atoms with Crippen LogP contribution in [-0.4, -0.2) is 12.5 Å². The van der Waals surface area contributed by atoms with E-state index in [9.17, 15) is 4.79 Å². The summed E-state index contributed by atoms with van der Waals surface area (Å²) < 4.78 is 5.44. The van der Waals surface area contributed by atoms with Crippen LogP contribution in [0.1, 0.15) is 50.3 Å². The lowest BCUT2D eigenvalue weighted by Gasteiger charge is -2.17. The summed E-state index contributed by atoms with van der Waals surface area (Å²) in [5.41, 5.74) is 2.27. The van der Waals surface area contributed by atoms with E-state index in [1.54, 1.807) is 0 Å². The van der Waals surface area contributed by atoms with Gasteiger partial charge in [-0.15, -0.1) is 0 Å². The van der Waals surface area contributed by atoms with Crippen LogP contribution in [-0.2, 0) is 4.79 Å². The van der Waals surface area contributed by atoms with Gasteiger partial charge in [-0.2, -0.15) is 0 Å². The van der Waals surface area contributed by atoms with Crippen molar-refractivity contribution in [2.45, 2.75) is 39.2 Å². The first-order valence-corrected chi connectivity index (χ1v) is 8.17. The van der Waals surface area contributed by atoms with Crippen LogP contribution in [0.3, 0.4) is 0 Å². The van der Waals surface area contributed by atoms with E-state index in [4.69, 9.17) is 4.74 Å². The summed E-state index contributed by atoms with van der Waals surface area (Å²) in [6.07, 6.45) is 0.491. The van der Waals surface area contributed by atoms with Gasteiger partial charge in [0.25, 0.3) is 0 Å². The Balaban J connectivity index is 1.89. The topological polar surface area (TPSA) is 38.3 Å². The summed E-state index contributed by atoms with van der Waals surface area (Å²) in [4.78, 5) is 12.2. The van der Waals surface area contributed by atoms with Crippen LogP contribution < -0.4 is 10.1 Å². The minimum absolute atomic E-state index is 0.0128. The number of benzene rings is 2. The van der Waals surface area contributed by atoms with E-state index in [0.717, 1.165) is 11.3 Å². The predicted molar refractivity (Wildman–Crippen MR) is 93.6 cm³/mol. The van der Waals surface area contributed by atoms with E-state index < -0.39 is 0 Å². The van der Waals surface area contributed by atoms with Crippen molar-refractivity contribution in [2.75, 3.05) is 6.61 Å². The number of hydrogen-bond donors (Lipinski definition) is 1. The molecule has 3 nitrogen and oxygen atoms in total. The average Bonchev–Trinajstić information content (AvgIpc) is 2.56. The van der Waals surface area contributed by atoms with Crippen molar-refractivity contribution >= 4 is 5.91 Å². The number of nitrogens with one attached hydrogen (secondary N) is 1. The van der Waals surface area contributed by atoms with Crippen LogP contribution in [0, 0.1) is 0 Å². The Hall–Kier alpha value is -2.29. The Morgan fingerprint density at radius 3 is 2.26 bits per heavy atom. The largest absolute Gasteiger partial charge is 0.494 e. The normalized spacial score (nSPS) is 13.2. The zero-order valence-electron chi connectivity index (χ0n) is 14.1. The molecule has 0 aliphatic heterocycles. The molecule has 0 spiro atoms. The van der Waals surface area contributed by atoms with E-state index in [2.05, 4.69) is 24.4 Å². The molecule has 0 fully saturated rings. The van der Waals surface area contributed by atoms with Gasteiger partial charge >= 0.3 is 0 Å². The van der Waals surface area contributed by atoms with Gasteiger partial charge in [0.15, 0.2) is 0 Å². The summed E-state index contributed by atoms with van der Waals surface area (Å²) in [6, 6.07) is 18.0. The first-order chi connectivity index (χ1) is 11.1. The molecule has 23 heavy (non-hydrogen) atoms. The fourth-order valence-corrected chi connectivity index (χ4v) is 2.58. The average molecular weight is 311 g/mol. The summed E-state index contributed by atoms with van der Waals surface area (Å²) >= 11 is 0. The SMILES string of the molecule is CCOc1ccc([C@H](C)NC(=O)C[C@@H](C)c2ccccc2)cc1. The molecule has 2 aromatic carbocycles. The molecular weight excluding hydrogens is 286 g/mol. The van der Waals surface area contributed by atoms with Gasteiger partial charge in [0.2, 0.25) is 5.91 Å². The van der Waals surface area contributed by atoms with Crippen LogP contribution in [0.4, 0.5) is 0 Å². The number of carbonyl (C=O) groups excluding carboxylic acids is 1. The predicted octanol–water partition coefficient (Wildman–Crippen LogP) is 4.46. The molecule has 0 saturated heterocycles. The highest BCUT2D eigenvalue weighted by Crippen LogP contribution is 2.20. The molecule has 0 heterocycles. The minimum Gasteiger partial charge on any atom is -0.494 e. The summed E-state index contributed by atoms with van der Waals surface area (Å²) in [5.74, 6) is 1.14. The fraction of sp³-hybridized carbons (Fsp3) is 0.350. The first kappa shape index (κ1) is 17.1. The maximum absolute atomic E-state index is 12.2. The molecule has 0 unspecified atom stereocenters. The van der Waals surface area contributed by atoms with Crippen LogP contribution in [0.2, 0.25) is 0 Å². The number of amides is 1. The molecular formula is C20H25NO2. The van der Waals surface area contributed by atoms with E-state index in [1.165, 1.54) is 5.56 Å². The van der Waals surface area contributed by atoms with Gasteiger partial charge in [-0.05, 0) is 43.0 Å². The van der Waals surface area contributed by atoms with Crippen molar-refractivity contribution in [1.29, 1.82) is 0 Å². The Morgan fingerprint density at radius 1 is 1.00 bits per heavy atom. The van der Waals surface area contributed by atoms with Gasteiger partial charge in [-0.1, -0.05) is 49.4 Å². The second kappa shape index (κ2) is 8.37. The Labute approximate surface area is 138 Å². The molecule has 0 aliphatic rings. The Morgan fingerprint density at radius 2 is 1.65 bits per heavy atom. The van der Waals surface area contributed by atoms with Crippen LogP contribution >= 0.6 is 0 Å². The van der Waals surface area contributed by atoms with Gasteiger partial charge in [0, 0.05) is 6.42 Å². The molecule has 0 saturated carbocycles. The van der Waals surface area contributed by atoms with Crippen LogP contribution in [0.15, 0.2) is 54.6 Å². The highest BCUT2D eigenvalue weighted by molar-refractivity contribution is 5.77. The molecule has 1 amide bonds. The van der Waals surface area contributed by atoms with Gasteiger partial charge in [0.1, 0.15) is 5.75 Å². The Bertz CT molecular complexity index is 607. The van der Waals surface area contributed by atoms with Gasteiger partial charge in [0.05, 0.1) is 12.6 Å². The molecule has 3 heteroatoms. The Kier molecular flexibility index (Phi) is 6.21. The lowest BCUT2D eigenvalue weighted by Crippen LogP contribution is -2.27. The highest BCUT2D eigenvalue weighted by Gasteiger charge is 2.14.